The first-order chi connectivity index (χ1) is 8.74. The average molecular weight is 268 g/mol. The summed E-state index contributed by atoms with van der Waals surface area (Å²) in [4.78, 5) is 11.7. The molecule has 1 fully saturated rings. The van der Waals surface area contributed by atoms with Crippen molar-refractivity contribution in [1.82, 2.24) is 20.4 Å². The summed E-state index contributed by atoms with van der Waals surface area (Å²) in [5, 5.41) is 10.5. The van der Waals surface area contributed by atoms with E-state index < -0.39 is 0 Å². The number of carbonyl (C=O) groups is 1. The summed E-state index contributed by atoms with van der Waals surface area (Å²) in [6, 6.07) is 0.329. The highest BCUT2D eigenvalue weighted by atomic mass is 32.2. The second-order valence-electron chi connectivity index (χ2n) is 4.56. The van der Waals surface area contributed by atoms with Crippen LogP contribution in [0.25, 0.3) is 0 Å². The molecule has 1 unspecified atom stereocenters. The topological polar surface area (TPSA) is 59.0 Å². The van der Waals surface area contributed by atoms with E-state index in [4.69, 9.17) is 0 Å². The zero-order valence-electron chi connectivity index (χ0n) is 10.7. The third-order valence-electron chi connectivity index (χ3n) is 2.86. The van der Waals surface area contributed by atoms with Crippen LogP contribution in [0.5, 0.6) is 0 Å². The van der Waals surface area contributed by atoms with Crippen molar-refractivity contribution < 1.29 is 4.79 Å². The number of aromatic nitrogens is 2. The molecule has 1 saturated heterocycles. The zero-order valence-corrected chi connectivity index (χ0v) is 11.5. The van der Waals surface area contributed by atoms with Gasteiger partial charge in [0.2, 0.25) is 5.91 Å². The Hall–Kier alpha value is -1.01. The SMILES string of the molecule is Cc1cnn(CCNC(=O)CC2CSCCN2)c1. The maximum Gasteiger partial charge on any atom is 0.221 e. The number of aryl methyl sites for hydroxylation is 1. The van der Waals surface area contributed by atoms with E-state index in [1.54, 1.807) is 0 Å². The quantitative estimate of drug-likeness (QED) is 0.812. The first-order valence-electron chi connectivity index (χ1n) is 6.31. The van der Waals surface area contributed by atoms with Crippen LogP contribution >= 0.6 is 11.8 Å². The van der Waals surface area contributed by atoms with Gasteiger partial charge in [-0.2, -0.15) is 16.9 Å². The molecule has 1 atom stereocenters. The molecule has 2 rings (SSSR count). The lowest BCUT2D eigenvalue weighted by molar-refractivity contribution is -0.121. The minimum absolute atomic E-state index is 0.124. The minimum Gasteiger partial charge on any atom is -0.354 e. The fraction of sp³-hybridized carbons (Fsp3) is 0.667. The van der Waals surface area contributed by atoms with Crippen LogP contribution in [0.4, 0.5) is 0 Å². The molecule has 1 aromatic rings. The smallest absolute Gasteiger partial charge is 0.221 e. The molecule has 1 aliphatic heterocycles. The van der Waals surface area contributed by atoms with Crippen LogP contribution in [0.15, 0.2) is 12.4 Å². The predicted molar refractivity (Wildman–Crippen MR) is 73.7 cm³/mol. The first-order valence-corrected chi connectivity index (χ1v) is 7.46. The summed E-state index contributed by atoms with van der Waals surface area (Å²) >= 11 is 1.91. The highest BCUT2D eigenvalue weighted by molar-refractivity contribution is 7.99. The molecule has 1 aliphatic rings. The molecule has 2 heterocycles. The molecule has 0 saturated carbocycles. The van der Waals surface area contributed by atoms with E-state index in [-0.39, 0.29) is 5.91 Å². The van der Waals surface area contributed by atoms with Crippen LogP contribution in [0.2, 0.25) is 0 Å². The number of hydrogen-bond acceptors (Lipinski definition) is 4. The number of carbonyl (C=O) groups excluding carboxylic acids is 1. The maximum atomic E-state index is 11.7. The molecule has 6 heteroatoms. The van der Waals surface area contributed by atoms with Gasteiger partial charge >= 0.3 is 0 Å². The van der Waals surface area contributed by atoms with Gasteiger partial charge in [0.1, 0.15) is 0 Å². The normalized spacial score (nSPS) is 19.7. The van der Waals surface area contributed by atoms with E-state index in [2.05, 4.69) is 15.7 Å². The Morgan fingerprint density at radius 2 is 2.61 bits per heavy atom. The molecule has 5 nitrogen and oxygen atoms in total. The van der Waals surface area contributed by atoms with Gasteiger partial charge in [0.25, 0.3) is 0 Å². The first kappa shape index (κ1) is 13.4. The van der Waals surface area contributed by atoms with E-state index in [1.165, 1.54) is 0 Å². The Kier molecular flexibility index (Phi) is 5.07. The summed E-state index contributed by atoms with van der Waals surface area (Å²) in [5.74, 6) is 2.31. The van der Waals surface area contributed by atoms with Crippen molar-refractivity contribution in [3.8, 4) is 0 Å². The Labute approximate surface area is 112 Å². The van der Waals surface area contributed by atoms with Crippen LogP contribution in [-0.2, 0) is 11.3 Å². The van der Waals surface area contributed by atoms with Gasteiger partial charge in [-0.15, -0.1) is 0 Å². The maximum absolute atomic E-state index is 11.7. The Bertz CT molecular complexity index is 387. The fourth-order valence-electron chi connectivity index (χ4n) is 1.95. The molecule has 1 amide bonds. The lowest BCUT2D eigenvalue weighted by atomic mass is 10.2. The van der Waals surface area contributed by atoms with Crippen LogP contribution in [0.1, 0.15) is 12.0 Å². The highest BCUT2D eigenvalue weighted by Gasteiger charge is 2.16. The Morgan fingerprint density at radius 1 is 1.72 bits per heavy atom. The molecule has 100 valence electrons. The van der Waals surface area contributed by atoms with Crippen molar-refractivity contribution >= 4 is 17.7 Å². The average Bonchev–Trinajstić information content (AvgIpc) is 2.76. The van der Waals surface area contributed by atoms with Crippen LogP contribution < -0.4 is 10.6 Å². The second-order valence-corrected chi connectivity index (χ2v) is 5.71. The minimum atomic E-state index is 0.124. The number of thioether (sulfide) groups is 1. The number of nitrogens with one attached hydrogen (secondary N) is 2. The summed E-state index contributed by atoms with van der Waals surface area (Å²) < 4.78 is 1.85. The lowest BCUT2D eigenvalue weighted by Gasteiger charge is -2.22. The zero-order chi connectivity index (χ0) is 12.8. The van der Waals surface area contributed by atoms with Crippen LogP contribution in [0, 0.1) is 6.92 Å². The summed E-state index contributed by atoms with van der Waals surface area (Å²) in [5.41, 5.74) is 1.14. The van der Waals surface area contributed by atoms with Gasteiger partial charge in [0.15, 0.2) is 0 Å². The largest absolute Gasteiger partial charge is 0.354 e. The summed E-state index contributed by atoms with van der Waals surface area (Å²) in [6.07, 6.45) is 4.38. The van der Waals surface area contributed by atoms with Crippen molar-refractivity contribution in [2.75, 3.05) is 24.6 Å². The van der Waals surface area contributed by atoms with Crippen molar-refractivity contribution in [3.05, 3.63) is 18.0 Å². The van der Waals surface area contributed by atoms with Gasteiger partial charge in [-0.25, -0.2) is 0 Å². The molecule has 1 aromatic heterocycles. The summed E-state index contributed by atoms with van der Waals surface area (Å²) in [6.45, 7) is 4.38. The second kappa shape index (κ2) is 6.80. The van der Waals surface area contributed by atoms with Gasteiger partial charge < -0.3 is 10.6 Å². The van der Waals surface area contributed by atoms with E-state index in [0.29, 0.717) is 19.0 Å². The highest BCUT2D eigenvalue weighted by Crippen LogP contribution is 2.09. The lowest BCUT2D eigenvalue weighted by Crippen LogP contribution is -2.41. The molecular formula is C12H20N4OS. The molecule has 2 N–H and O–H groups in total. The molecular weight excluding hydrogens is 248 g/mol. The fourth-order valence-corrected chi connectivity index (χ4v) is 2.89. The Morgan fingerprint density at radius 3 is 3.28 bits per heavy atom. The standard InChI is InChI=1S/C12H20N4OS/c1-10-7-15-16(8-10)4-2-14-12(17)6-11-9-18-5-3-13-11/h7-8,11,13H,2-6,9H2,1H3,(H,14,17). The van der Waals surface area contributed by atoms with Crippen molar-refractivity contribution in [1.29, 1.82) is 0 Å². The van der Waals surface area contributed by atoms with E-state index in [1.807, 2.05) is 35.8 Å². The van der Waals surface area contributed by atoms with Gasteiger partial charge in [0.05, 0.1) is 12.7 Å². The number of nitrogens with zero attached hydrogens (tertiary/aromatic N) is 2. The monoisotopic (exact) mass is 268 g/mol. The van der Waals surface area contributed by atoms with Crippen molar-refractivity contribution in [3.63, 3.8) is 0 Å². The van der Waals surface area contributed by atoms with Crippen LogP contribution in [0.3, 0.4) is 0 Å². The molecule has 18 heavy (non-hydrogen) atoms. The summed E-state index contributed by atoms with van der Waals surface area (Å²) in [7, 11) is 0. The molecule has 0 bridgehead atoms. The van der Waals surface area contributed by atoms with Gasteiger partial charge in [0, 0.05) is 43.3 Å². The third-order valence-corrected chi connectivity index (χ3v) is 3.99. The molecule has 0 aliphatic carbocycles. The third kappa shape index (κ3) is 4.34. The molecule has 0 radical (unpaired) electrons. The number of amides is 1. The number of hydrogen-bond donors (Lipinski definition) is 2. The molecule has 0 spiro atoms. The van der Waals surface area contributed by atoms with Gasteiger partial charge in [-0.05, 0) is 12.5 Å². The Balaban J connectivity index is 1.62. The predicted octanol–water partition coefficient (Wildman–Crippen LogP) is 0.403. The van der Waals surface area contributed by atoms with E-state index in [9.17, 15) is 4.79 Å². The van der Waals surface area contributed by atoms with Gasteiger partial charge in [-0.1, -0.05) is 0 Å². The number of rotatable bonds is 5. The van der Waals surface area contributed by atoms with E-state index in [0.717, 1.165) is 30.2 Å². The van der Waals surface area contributed by atoms with E-state index >= 15 is 0 Å². The molecule has 0 aromatic carbocycles. The van der Waals surface area contributed by atoms with Crippen molar-refractivity contribution in [2.45, 2.75) is 25.9 Å². The van der Waals surface area contributed by atoms with Crippen LogP contribution in [-0.4, -0.2) is 46.3 Å². The van der Waals surface area contributed by atoms with Gasteiger partial charge in [-0.3, -0.25) is 9.48 Å². The van der Waals surface area contributed by atoms with Crippen molar-refractivity contribution in [2.24, 2.45) is 0 Å².